The van der Waals surface area contributed by atoms with E-state index in [-0.39, 0.29) is 13.4 Å². The van der Waals surface area contributed by atoms with E-state index in [1.54, 1.807) is 0 Å². The Morgan fingerprint density at radius 1 is 0.396 bits per heavy atom. The molecule has 7 aromatic carbocycles. The van der Waals surface area contributed by atoms with Crippen molar-refractivity contribution in [3.05, 3.63) is 164 Å². The number of fused-ring (bicyclic) bond motifs is 11. The van der Waals surface area contributed by atoms with Crippen molar-refractivity contribution < 1.29 is 13.3 Å². The van der Waals surface area contributed by atoms with E-state index in [1.165, 1.54) is 21.2 Å². The van der Waals surface area contributed by atoms with E-state index in [4.69, 9.17) is 13.3 Å². The third kappa shape index (κ3) is 4.23. The van der Waals surface area contributed by atoms with Crippen LogP contribution in [0.2, 0.25) is 0 Å². The monoisotopic (exact) mass is 695 g/mol. The lowest BCUT2D eigenvalue weighted by atomic mass is 9.24. The lowest BCUT2D eigenvalue weighted by Gasteiger charge is -2.33. The molecule has 2 aliphatic rings. The van der Waals surface area contributed by atoms with Crippen molar-refractivity contribution in [2.24, 2.45) is 0 Å². The maximum Gasteiger partial charge on any atom is 0.290 e. The van der Waals surface area contributed by atoms with Crippen LogP contribution in [0.25, 0.3) is 43.9 Å². The number of furan rings is 3. The molecule has 0 saturated heterocycles. The largest absolute Gasteiger partial charge is 0.471 e. The standard InChI is InChI=1S/C46H27B2NO3S/c1-6-16-37-31(11-1)32-26-23-29(27-40(32)50-37)48-44-34-13-3-8-18-39(34)51-45(44)47(43-33-12-2-7-17-38(33)52-46(43)48)28-21-24-30(25-22-28)49-35-14-4-9-19-41(35)53-42-20-10-5-15-36(42)49/h1-27H. The number of benzene rings is 7. The molecule has 0 bridgehead atoms. The zero-order valence-corrected chi connectivity index (χ0v) is 29.1. The molecule has 5 heterocycles. The van der Waals surface area contributed by atoms with Crippen LogP contribution in [0.3, 0.4) is 0 Å². The number of nitrogens with zero attached hydrogens (tertiary/aromatic N) is 1. The van der Waals surface area contributed by atoms with Gasteiger partial charge in [-0.3, -0.25) is 0 Å². The van der Waals surface area contributed by atoms with Crippen LogP contribution in [0.1, 0.15) is 0 Å². The summed E-state index contributed by atoms with van der Waals surface area (Å²) in [6, 6.07) is 58.1. The predicted molar refractivity (Wildman–Crippen MR) is 221 cm³/mol. The fourth-order valence-electron chi connectivity index (χ4n) is 8.81. The minimum absolute atomic E-state index is 0.173. The summed E-state index contributed by atoms with van der Waals surface area (Å²) >= 11 is 1.82. The van der Waals surface area contributed by atoms with Gasteiger partial charge in [-0.05, 0) is 71.6 Å². The maximum absolute atomic E-state index is 6.98. The molecule has 12 rings (SSSR count). The zero-order valence-electron chi connectivity index (χ0n) is 28.3. The molecule has 10 aromatic rings. The first-order valence-electron chi connectivity index (χ1n) is 18.0. The summed E-state index contributed by atoms with van der Waals surface area (Å²) < 4.78 is 20.4. The molecule has 0 aliphatic carbocycles. The van der Waals surface area contributed by atoms with Crippen molar-refractivity contribution >= 4 is 119 Å². The normalized spacial score (nSPS) is 13.5. The van der Waals surface area contributed by atoms with Crippen molar-refractivity contribution in [1.29, 1.82) is 0 Å². The van der Waals surface area contributed by atoms with Crippen LogP contribution in [0.5, 0.6) is 0 Å². The SMILES string of the molecule is c1ccc2c(c1)Sc1ccccc1N2c1ccc(B2c3oc4ccccc4c3B(c3ccc4c(c3)oc3ccccc34)c3oc4ccccc4c32)cc1. The van der Waals surface area contributed by atoms with Gasteiger partial charge in [0.1, 0.15) is 22.3 Å². The summed E-state index contributed by atoms with van der Waals surface area (Å²) in [7, 11) is 0. The van der Waals surface area contributed by atoms with Gasteiger partial charge in [-0.2, -0.15) is 0 Å². The molecular formula is C46H27B2NO3S. The van der Waals surface area contributed by atoms with Gasteiger partial charge >= 0.3 is 0 Å². The van der Waals surface area contributed by atoms with E-state index in [0.717, 1.165) is 82.7 Å². The minimum atomic E-state index is -0.192. The topological polar surface area (TPSA) is 42.7 Å². The summed E-state index contributed by atoms with van der Waals surface area (Å²) in [5.74, 6) is 0. The minimum Gasteiger partial charge on any atom is -0.471 e. The first-order chi connectivity index (χ1) is 26.3. The molecule has 0 saturated carbocycles. The average Bonchev–Trinajstić information content (AvgIpc) is 3.90. The third-order valence-corrected chi connectivity index (χ3v) is 12.2. The number of rotatable bonds is 3. The van der Waals surface area contributed by atoms with Crippen LogP contribution in [-0.4, -0.2) is 13.4 Å². The third-order valence-electron chi connectivity index (χ3n) is 11.1. The van der Waals surface area contributed by atoms with E-state index in [2.05, 4.69) is 157 Å². The fraction of sp³-hybridized carbons (Fsp3) is 0. The van der Waals surface area contributed by atoms with Gasteiger partial charge in [-0.15, -0.1) is 0 Å². The Morgan fingerprint density at radius 3 is 1.49 bits per heavy atom. The van der Waals surface area contributed by atoms with E-state index in [1.807, 2.05) is 23.9 Å². The van der Waals surface area contributed by atoms with E-state index < -0.39 is 0 Å². The van der Waals surface area contributed by atoms with Crippen molar-refractivity contribution in [2.45, 2.75) is 9.79 Å². The second kappa shape index (κ2) is 11.1. The average molecular weight is 695 g/mol. The van der Waals surface area contributed by atoms with E-state index >= 15 is 0 Å². The molecule has 0 spiro atoms. The van der Waals surface area contributed by atoms with Gasteiger partial charge in [-0.25, -0.2) is 0 Å². The Morgan fingerprint density at radius 2 is 0.868 bits per heavy atom. The Bertz CT molecular complexity index is 3040. The Hall–Kier alpha value is -6.30. The number of hydrogen-bond acceptors (Lipinski definition) is 5. The summed E-state index contributed by atoms with van der Waals surface area (Å²) in [6.45, 7) is -0.365. The molecule has 0 fully saturated rings. The molecule has 0 unspecified atom stereocenters. The van der Waals surface area contributed by atoms with Crippen LogP contribution in [-0.2, 0) is 0 Å². The summed E-state index contributed by atoms with van der Waals surface area (Å²) in [5, 5.41) is 4.44. The van der Waals surface area contributed by atoms with Gasteiger partial charge in [-0.1, -0.05) is 126 Å². The second-order valence-electron chi connectivity index (χ2n) is 13.9. The summed E-state index contributed by atoms with van der Waals surface area (Å²) in [5.41, 5.74) is 13.5. The van der Waals surface area contributed by atoms with Gasteiger partial charge in [0.25, 0.3) is 13.4 Å². The van der Waals surface area contributed by atoms with Crippen molar-refractivity contribution in [1.82, 2.24) is 0 Å². The van der Waals surface area contributed by atoms with Crippen LogP contribution in [0.4, 0.5) is 17.1 Å². The second-order valence-corrected chi connectivity index (χ2v) is 15.0. The first-order valence-corrected chi connectivity index (χ1v) is 18.8. The predicted octanol–water partition coefficient (Wildman–Crippen LogP) is 8.36. The quantitative estimate of drug-likeness (QED) is 0.174. The Kier molecular flexibility index (Phi) is 6.14. The smallest absolute Gasteiger partial charge is 0.290 e. The van der Waals surface area contributed by atoms with Gasteiger partial charge in [0.2, 0.25) is 0 Å². The molecule has 2 aliphatic heterocycles. The molecule has 0 radical (unpaired) electrons. The summed E-state index contributed by atoms with van der Waals surface area (Å²) in [4.78, 5) is 4.87. The summed E-state index contributed by atoms with van der Waals surface area (Å²) in [6.07, 6.45) is 0. The molecule has 7 heteroatoms. The molecule has 0 atom stereocenters. The van der Waals surface area contributed by atoms with Crippen LogP contribution < -0.4 is 38.1 Å². The highest BCUT2D eigenvalue weighted by atomic mass is 32.2. The molecule has 0 N–H and O–H groups in total. The molecular weight excluding hydrogens is 668 g/mol. The van der Waals surface area contributed by atoms with E-state index in [9.17, 15) is 0 Å². The first kappa shape index (κ1) is 29.3. The van der Waals surface area contributed by atoms with Crippen LogP contribution >= 0.6 is 11.8 Å². The lowest BCUT2D eigenvalue weighted by Crippen LogP contribution is -2.73. The van der Waals surface area contributed by atoms with Gasteiger partial charge in [0.15, 0.2) is 0 Å². The highest BCUT2D eigenvalue weighted by Crippen LogP contribution is 2.51. The Balaban J connectivity index is 1.07. The van der Waals surface area contributed by atoms with Crippen molar-refractivity contribution in [3.63, 3.8) is 0 Å². The maximum atomic E-state index is 6.98. The highest BCUT2D eigenvalue weighted by molar-refractivity contribution is 7.99. The van der Waals surface area contributed by atoms with Gasteiger partial charge in [0, 0.05) is 37.0 Å². The Labute approximate surface area is 309 Å². The van der Waals surface area contributed by atoms with Gasteiger partial charge < -0.3 is 18.2 Å². The lowest BCUT2D eigenvalue weighted by molar-refractivity contribution is 0.647. The van der Waals surface area contributed by atoms with Crippen molar-refractivity contribution in [2.75, 3.05) is 4.90 Å². The molecule has 3 aromatic heterocycles. The molecule has 53 heavy (non-hydrogen) atoms. The molecule has 246 valence electrons. The highest BCUT2D eigenvalue weighted by Gasteiger charge is 2.46. The van der Waals surface area contributed by atoms with Crippen LogP contribution in [0, 0.1) is 0 Å². The fourth-order valence-corrected chi connectivity index (χ4v) is 9.87. The van der Waals surface area contributed by atoms with Gasteiger partial charge in [0.05, 0.1) is 22.7 Å². The molecule has 0 amide bonds. The van der Waals surface area contributed by atoms with Crippen molar-refractivity contribution in [3.8, 4) is 0 Å². The molecule has 4 nitrogen and oxygen atoms in total. The van der Waals surface area contributed by atoms with E-state index in [0.29, 0.717) is 0 Å². The number of para-hydroxylation sites is 5. The number of anilines is 3. The number of hydrogen-bond donors (Lipinski definition) is 0. The van der Waals surface area contributed by atoms with Crippen LogP contribution in [0.15, 0.2) is 187 Å². The zero-order chi connectivity index (χ0) is 34.6.